The highest BCUT2D eigenvalue weighted by atomic mass is 32.2. The van der Waals surface area contributed by atoms with Gasteiger partial charge in [-0.25, -0.2) is 76.2 Å². The SMILES string of the molecule is [2H]c1c([2H])c([C@@H]2C([2H])([2H])[C@@]2([2H])Nc2nc(SC([2H])([2H])C([2H])([2H])C)nc3c2nnn3[C@@H]2C[C@H](OC([2H])([2H])C([2H])([2H])O)[C@@H](O)[C@H]2O)c([2H])c(F)c1C.[2H]c1c([2H])c([C@@H]2C([2H])([2H])[C@@]2([2H])Nc2nc(SC([2H])([2H])C([2H])([2H])C)nc3c2nnn3[C@@H]2C[C@H](OC([2H])([2H])CO)[C@@H](O)[C@H]2O)c([2H])c(F)c1C.[2H]c1c([2H])c([C@@H]2C([2H])([2H])[C@@]2([2H])Nc2nc(SC([2H])([2H])C([2H])([2H])C)nc3c2nnn3[C@@H]2C[C@H](OCC([2H])([2H])O)[C@@H](O)[C@H]2O)c([2H])c(F)c1C.[2H]c1c([2H])c([C@]2([2H])C[C@H]2Nc2nc(SCCC)nc3c2nnn3[C@@H]2C[C@H](OCCO)[C@@H](O)[C@H]2O)c([2H])c(F)c1C. The molecule has 0 radical (unpaired) electrons. The van der Waals surface area contributed by atoms with E-state index in [1.807, 2.05) is 6.92 Å². The molecule has 0 aliphatic heterocycles. The first kappa shape index (κ1) is 64.7. The van der Waals surface area contributed by atoms with Crippen LogP contribution in [-0.4, -0.2) is 334 Å². The molecule has 12 aromatic rings. The Morgan fingerprint density at radius 2 is 0.701 bits per heavy atom. The second-order valence-electron chi connectivity index (χ2n) is 33.2. The molecule has 0 bridgehead atoms. The summed E-state index contributed by atoms with van der Waals surface area (Å²) in [7, 11) is 0. The molecule has 4 aromatic carbocycles. The predicted octanol–water partition coefficient (Wildman–Crippen LogP) is 8.73. The molecule has 8 fully saturated rings. The van der Waals surface area contributed by atoms with Crippen LogP contribution in [0, 0.1) is 51.0 Å². The summed E-state index contributed by atoms with van der Waals surface area (Å²) >= 11 is 2.04. The summed E-state index contributed by atoms with van der Waals surface area (Å²) in [4.78, 5) is 34.4. The zero-order valence-corrected chi connectivity index (χ0v) is 80.2. The minimum Gasteiger partial charge on any atom is -0.394 e. The van der Waals surface area contributed by atoms with Crippen LogP contribution in [0.4, 0.5) is 40.8 Å². The van der Waals surface area contributed by atoms with Crippen molar-refractivity contribution >= 4 is 115 Å². The average molecular weight is 2120 g/mol. The van der Waals surface area contributed by atoms with Crippen molar-refractivity contribution in [1.29, 1.82) is 0 Å². The van der Waals surface area contributed by atoms with Gasteiger partial charge in [0.2, 0.25) is 0 Å². The first-order valence-electron chi connectivity index (χ1n) is 65.4. The van der Waals surface area contributed by atoms with Gasteiger partial charge < -0.3 is 101 Å². The molecule has 8 aromatic heterocycles. The van der Waals surface area contributed by atoms with Gasteiger partial charge in [-0.05, 0) is 147 Å². The molecule has 776 valence electrons. The average Bonchev–Trinajstić information content (AvgIpc) is 1.51. The van der Waals surface area contributed by atoms with Gasteiger partial charge in [0.15, 0.2) is 88.6 Å². The van der Waals surface area contributed by atoms with Crippen molar-refractivity contribution in [3.05, 3.63) is 140 Å². The molecule has 8 heterocycles. The van der Waals surface area contributed by atoms with E-state index in [0.717, 1.165) is 47.0 Å². The van der Waals surface area contributed by atoms with Crippen LogP contribution >= 0.6 is 47.0 Å². The lowest BCUT2D eigenvalue weighted by atomic mass is 10.1. The minimum absolute atomic E-state index is 0.0102. The normalized spacial score (nSPS) is 35.9. The fourth-order valence-corrected chi connectivity index (χ4v) is 18.1. The van der Waals surface area contributed by atoms with Crippen molar-refractivity contribution in [2.24, 2.45) is 0 Å². The second-order valence-corrected chi connectivity index (χ2v) is 36.6. The van der Waals surface area contributed by atoms with Crippen molar-refractivity contribution in [3.8, 4) is 0 Å². The van der Waals surface area contributed by atoms with E-state index < -0.39 is 380 Å². The van der Waals surface area contributed by atoms with Gasteiger partial charge in [-0.3, -0.25) is 0 Å². The summed E-state index contributed by atoms with van der Waals surface area (Å²) in [6.45, 7) is -4.43. The highest BCUT2D eigenvalue weighted by molar-refractivity contribution is 7.99. The summed E-state index contributed by atoms with van der Waals surface area (Å²) < 4.78 is 427. The van der Waals surface area contributed by atoms with E-state index in [0.29, 0.717) is 10.8 Å². The fraction of sp³-hybridized carbons (Fsp3) is 0.583. The largest absolute Gasteiger partial charge is 0.394 e. The third-order valence-electron chi connectivity index (χ3n) is 23.6. The maximum Gasteiger partial charge on any atom is 0.191 e. The topological polar surface area (TPSA) is 554 Å². The maximum absolute atomic E-state index is 14.8. The number of thioether (sulfide) groups is 4. The van der Waals surface area contributed by atoms with Crippen molar-refractivity contribution in [2.45, 2.75) is 298 Å². The summed E-state index contributed by atoms with van der Waals surface area (Å²) in [6, 6.07) is -20.0. The van der Waals surface area contributed by atoms with Crippen LogP contribution < -0.4 is 21.3 Å². The number of aliphatic hydroxyl groups is 12. The van der Waals surface area contributed by atoms with E-state index in [2.05, 4.69) is 102 Å². The zero-order valence-electron chi connectivity index (χ0n) is 119. The molecule has 8 saturated carbocycles. The Kier molecular flexibility index (Phi) is 21.3. The Morgan fingerprint density at radius 1 is 0.389 bits per heavy atom. The third-order valence-corrected chi connectivity index (χ3v) is 26.7. The van der Waals surface area contributed by atoms with Crippen LogP contribution in [0.15, 0.2) is 93.1 Å². The van der Waals surface area contributed by atoms with E-state index in [4.69, 9.17) is 81.6 Å². The molecule has 48 heteroatoms. The molecule has 0 unspecified atom stereocenters. The number of anilines is 4. The molecule has 20 rings (SSSR count). The number of benzene rings is 4. The quantitative estimate of drug-likeness (QED) is 0.00969. The number of halogens is 4. The summed E-state index contributed by atoms with van der Waals surface area (Å²) in [5.41, 5.74) is -11.9. The molecular weight excluding hydrogens is 1950 g/mol. The molecule has 144 heavy (non-hydrogen) atoms. The first-order chi connectivity index (χ1) is 85.3. The van der Waals surface area contributed by atoms with Gasteiger partial charge in [-0.1, -0.05) is 144 Å². The summed E-state index contributed by atoms with van der Waals surface area (Å²) in [5.74, 6) is -11.3. The van der Waals surface area contributed by atoms with Gasteiger partial charge in [-0.2, -0.15) is 0 Å². The monoisotopic (exact) mass is 2120 g/mol. The number of nitrogens with one attached hydrogen (secondary N) is 4. The zero-order chi connectivity index (χ0) is 139. The number of fused-ring (bicyclic) bond motifs is 4. The number of rotatable bonds is 40. The molecule has 40 nitrogen and oxygen atoms in total. The molecule has 0 saturated heterocycles. The van der Waals surface area contributed by atoms with E-state index in [1.165, 1.54) is 44.1 Å². The van der Waals surface area contributed by atoms with Gasteiger partial charge in [0.05, 0.1) is 133 Å². The first-order valence-corrected chi connectivity index (χ1v) is 47.8. The van der Waals surface area contributed by atoms with Crippen LogP contribution in [0.3, 0.4) is 0 Å². The number of nitrogens with zero attached hydrogens (tertiary/aromatic N) is 20. The Balaban J connectivity index is 0.000000163. The number of hydrogen-bond acceptors (Lipinski definition) is 40. The maximum atomic E-state index is 14.8. The Labute approximate surface area is 902 Å². The molecule has 0 amide bonds. The van der Waals surface area contributed by atoms with E-state index in [9.17, 15) is 73.7 Å². The Hall–Kier alpha value is -9.52. The van der Waals surface area contributed by atoms with E-state index in [1.54, 1.807) is 0 Å². The van der Waals surface area contributed by atoms with E-state index >= 15 is 0 Å². The summed E-state index contributed by atoms with van der Waals surface area (Å²) in [5, 5.41) is 165. The Bertz CT molecular complexity index is 8640. The lowest BCUT2D eigenvalue weighted by molar-refractivity contribution is -0.0629. The smallest absolute Gasteiger partial charge is 0.191 e. The molecule has 24 atom stereocenters. The Morgan fingerprint density at radius 3 is 1.02 bits per heavy atom. The van der Waals surface area contributed by atoms with Crippen LogP contribution in [0.5, 0.6) is 0 Å². The molecule has 8 aliphatic rings. The lowest BCUT2D eigenvalue weighted by Crippen LogP contribution is -2.33. The third kappa shape index (κ3) is 23.8. The van der Waals surface area contributed by atoms with Crippen LogP contribution in [0.1, 0.15) is 254 Å². The summed E-state index contributed by atoms with van der Waals surface area (Å²) in [6.07, 6.45) is -32.4. The lowest BCUT2D eigenvalue weighted by Gasteiger charge is -2.17. The predicted molar refractivity (Wildman–Crippen MR) is 530 cm³/mol. The van der Waals surface area contributed by atoms with Gasteiger partial charge >= 0.3 is 0 Å². The van der Waals surface area contributed by atoms with Crippen LogP contribution in [0.25, 0.3) is 44.7 Å². The van der Waals surface area contributed by atoms with Crippen LogP contribution in [-0.2, 0) is 18.9 Å². The van der Waals surface area contributed by atoms with Gasteiger partial charge in [-0.15, -0.1) is 20.4 Å². The highest BCUT2D eigenvalue weighted by Crippen LogP contribution is 2.50. The number of hydrogen-bond donors (Lipinski definition) is 16. The van der Waals surface area contributed by atoms with Crippen molar-refractivity contribution in [2.75, 3.05) is 96.8 Å². The number of ether oxygens (including phenoxy) is 4. The molecular formula is C96H124F4N24O16S4. The highest BCUT2D eigenvalue weighted by Gasteiger charge is 2.51. The van der Waals surface area contributed by atoms with Gasteiger partial charge in [0, 0.05) is 122 Å². The molecule has 16 N–H and O–H groups in total. The van der Waals surface area contributed by atoms with Crippen molar-refractivity contribution in [1.82, 2.24) is 99.8 Å². The second kappa shape index (κ2) is 47.3. The standard InChI is InChI=1S/4C24H31FN6O4S/c4*1-3-8-36-24-27-22(26-16-10-14(16)13-5-4-12(2)15(25)9-13)19-23(28-24)31(30-29-19)17-11-18(35-7-6-32)21(34)20(17)33/h4*4-5,9,14,16-18,20-21,32-34H,3,6-8,10-11H2,1-2H3,(H,26,27,28)/t4*14-,16+,17+,18-,20-,21+/m0000/s1/i3D2,4D,5D,6D2,7D2,8D2,9D,10D2,16D;3D2,4D,5D,7D2,8D2,9D,10D2,16D;3D2,4D,5D,6D2,8D2,9D,10D2,16D;4D,5D,9D,14D. The van der Waals surface area contributed by atoms with Crippen LogP contribution in [0.2, 0.25) is 0 Å². The van der Waals surface area contributed by atoms with E-state index in [-0.39, 0.29) is 159 Å². The molecule has 0 spiro atoms. The minimum atomic E-state index is -3.51. The number of aliphatic hydroxyl groups excluding tert-OH is 10. The van der Waals surface area contributed by atoms with Crippen molar-refractivity contribution < 1.29 is 155 Å². The fourth-order valence-electron chi connectivity index (χ4n) is 16.0. The number of aromatic nitrogens is 20. The molecule has 8 aliphatic carbocycles. The van der Waals surface area contributed by atoms with Crippen molar-refractivity contribution in [3.63, 3.8) is 0 Å². The van der Waals surface area contributed by atoms with Gasteiger partial charge in [0.25, 0.3) is 0 Å². The van der Waals surface area contributed by atoms with Gasteiger partial charge in [0.1, 0.15) is 72.1 Å².